The molecular weight excluding hydrogens is 384 g/mol. The summed E-state index contributed by atoms with van der Waals surface area (Å²) >= 11 is 0. The number of hydrogen-bond donors (Lipinski definition) is 2. The summed E-state index contributed by atoms with van der Waals surface area (Å²) in [5, 5.41) is 5.39. The standard InChI is InChI=1S/C23H28N2O5/c1-15(26)25-23-11-17-7-18(12-23)10-22(9-17,14-23)21(29)30-13-20(28)24-19(27)8-16-5-3-2-4-6-16/h2-6,17-18H,7-14H2,1H3,(H,25,26)(H,24,27,28)/t17-,18-,22?,23?/m1/s1. The number of hydrogen-bond acceptors (Lipinski definition) is 5. The molecular formula is C23H28N2O5. The number of imide groups is 1. The van der Waals surface area contributed by atoms with Crippen molar-refractivity contribution in [3.8, 4) is 0 Å². The van der Waals surface area contributed by atoms with Crippen LogP contribution in [-0.4, -0.2) is 35.8 Å². The number of nitrogens with one attached hydrogen (secondary N) is 2. The summed E-state index contributed by atoms with van der Waals surface area (Å²) in [7, 11) is 0. The monoisotopic (exact) mass is 412 g/mol. The third-order valence-electron chi connectivity index (χ3n) is 6.76. The van der Waals surface area contributed by atoms with Crippen LogP contribution in [0.3, 0.4) is 0 Å². The van der Waals surface area contributed by atoms with Gasteiger partial charge in [-0.2, -0.15) is 0 Å². The van der Waals surface area contributed by atoms with Gasteiger partial charge in [0.25, 0.3) is 5.91 Å². The summed E-state index contributed by atoms with van der Waals surface area (Å²) in [5.74, 6) is -0.708. The Kier molecular flexibility index (Phi) is 5.38. The number of carbonyl (C=O) groups is 4. The van der Waals surface area contributed by atoms with Crippen LogP contribution in [0.1, 0.15) is 51.0 Å². The zero-order valence-electron chi connectivity index (χ0n) is 17.2. The Hall–Kier alpha value is -2.70. The van der Waals surface area contributed by atoms with E-state index in [1.165, 1.54) is 6.92 Å². The summed E-state index contributed by atoms with van der Waals surface area (Å²) in [6, 6.07) is 9.12. The first-order chi connectivity index (χ1) is 14.3. The molecule has 7 heteroatoms. The average molecular weight is 412 g/mol. The van der Waals surface area contributed by atoms with Gasteiger partial charge >= 0.3 is 5.97 Å². The van der Waals surface area contributed by atoms with Gasteiger partial charge < -0.3 is 10.1 Å². The lowest BCUT2D eigenvalue weighted by Crippen LogP contribution is -2.64. The van der Waals surface area contributed by atoms with E-state index in [2.05, 4.69) is 10.6 Å². The Morgan fingerprint density at radius 2 is 1.67 bits per heavy atom. The first-order valence-electron chi connectivity index (χ1n) is 10.6. The Morgan fingerprint density at radius 3 is 2.30 bits per heavy atom. The fraction of sp³-hybridized carbons (Fsp3) is 0.565. The second-order valence-electron chi connectivity index (χ2n) is 9.41. The molecule has 0 radical (unpaired) electrons. The maximum Gasteiger partial charge on any atom is 0.312 e. The molecule has 160 valence electrons. The molecule has 1 aromatic rings. The van der Waals surface area contributed by atoms with Crippen LogP contribution in [0.15, 0.2) is 30.3 Å². The lowest BCUT2D eigenvalue weighted by atomic mass is 9.47. The van der Waals surface area contributed by atoms with Crippen molar-refractivity contribution < 1.29 is 23.9 Å². The second-order valence-corrected chi connectivity index (χ2v) is 9.41. The van der Waals surface area contributed by atoms with Gasteiger partial charge in [0.1, 0.15) is 0 Å². The largest absolute Gasteiger partial charge is 0.455 e. The number of amides is 3. The molecule has 4 saturated carbocycles. The maximum absolute atomic E-state index is 13.0. The van der Waals surface area contributed by atoms with Crippen molar-refractivity contribution in [2.75, 3.05) is 6.61 Å². The molecule has 3 amide bonds. The van der Waals surface area contributed by atoms with Crippen LogP contribution in [0, 0.1) is 17.3 Å². The van der Waals surface area contributed by atoms with Gasteiger partial charge in [0, 0.05) is 12.5 Å². The molecule has 4 aliphatic rings. The molecule has 0 spiro atoms. The predicted molar refractivity (Wildman–Crippen MR) is 108 cm³/mol. The molecule has 4 fully saturated rings. The van der Waals surface area contributed by atoms with E-state index in [1.807, 2.05) is 30.3 Å². The van der Waals surface area contributed by atoms with Crippen LogP contribution < -0.4 is 10.6 Å². The van der Waals surface area contributed by atoms with E-state index in [0.717, 1.165) is 37.7 Å². The normalized spacial score (nSPS) is 31.1. The second kappa shape index (κ2) is 7.85. The highest BCUT2D eigenvalue weighted by Crippen LogP contribution is 2.62. The van der Waals surface area contributed by atoms with E-state index >= 15 is 0 Å². The molecule has 7 nitrogen and oxygen atoms in total. The van der Waals surface area contributed by atoms with Crippen molar-refractivity contribution in [3.63, 3.8) is 0 Å². The Bertz CT molecular complexity index is 852. The van der Waals surface area contributed by atoms with Crippen molar-refractivity contribution in [2.24, 2.45) is 17.3 Å². The smallest absolute Gasteiger partial charge is 0.312 e. The zero-order chi connectivity index (χ0) is 21.4. The minimum Gasteiger partial charge on any atom is -0.455 e. The summed E-state index contributed by atoms with van der Waals surface area (Å²) in [4.78, 5) is 48.9. The highest BCUT2D eigenvalue weighted by atomic mass is 16.5. The van der Waals surface area contributed by atoms with Crippen LogP contribution in [0.5, 0.6) is 0 Å². The third-order valence-corrected chi connectivity index (χ3v) is 6.76. The minimum atomic E-state index is -0.638. The highest BCUT2D eigenvalue weighted by Gasteiger charge is 2.61. The number of rotatable bonds is 6. The molecule has 0 unspecified atom stereocenters. The molecule has 0 heterocycles. The van der Waals surface area contributed by atoms with Gasteiger partial charge in [-0.05, 0) is 55.9 Å². The van der Waals surface area contributed by atoms with Gasteiger partial charge in [0.05, 0.1) is 11.8 Å². The maximum atomic E-state index is 13.0. The van der Waals surface area contributed by atoms with Crippen LogP contribution in [0.25, 0.3) is 0 Å². The molecule has 4 bridgehead atoms. The van der Waals surface area contributed by atoms with Crippen LogP contribution in [-0.2, 0) is 30.3 Å². The average Bonchev–Trinajstić information content (AvgIpc) is 2.64. The van der Waals surface area contributed by atoms with E-state index in [-0.39, 0.29) is 23.8 Å². The van der Waals surface area contributed by atoms with Crippen molar-refractivity contribution in [2.45, 2.75) is 57.4 Å². The first kappa shape index (κ1) is 20.6. The Labute approximate surface area is 175 Å². The van der Waals surface area contributed by atoms with Gasteiger partial charge in [-0.1, -0.05) is 30.3 Å². The Morgan fingerprint density at radius 1 is 1.00 bits per heavy atom. The summed E-state index contributed by atoms with van der Waals surface area (Å²) in [6.07, 6.45) is 5.06. The molecule has 2 N–H and O–H groups in total. The number of benzene rings is 1. The highest BCUT2D eigenvalue weighted by molar-refractivity contribution is 5.97. The third kappa shape index (κ3) is 4.25. The van der Waals surface area contributed by atoms with Crippen molar-refractivity contribution in [1.82, 2.24) is 10.6 Å². The van der Waals surface area contributed by atoms with Crippen LogP contribution >= 0.6 is 0 Å². The molecule has 5 rings (SSSR count). The minimum absolute atomic E-state index is 0.0724. The summed E-state index contributed by atoms with van der Waals surface area (Å²) in [6.45, 7) is 1.05. The Balaban J connectivity index is 1.33. The predicted octanol–water partition coefficient (Wildman–Crippen LogP) is 1.89. The van der Waals surface area contributed by atoms with Gasteiger partial charge in [-0.15, -0.1) is 0 Å². The van der Waals surface area contributed by atoms with Gasteiger partial charge in [-0.3, -0.25) is 24.5 Å². The number of carbonyl (C=O) groups excluding carboxylic acids is 4. The van der Waals surface area contributed by atoms with Crippen LogP contribution in [0.4, 0.5) is 0 Å². The zero-order valence-corrected chi connectivity index (χ0v) is 17.2. The van der Waals surface area contributed by atoms with E-state index in [1.54, 1.807) is 0 Å². The van der Waals surface area contributed by atoms with Crippen LogP contribution in [0.2, 0.25) is 0 Å². The van der Waals surface area contributed by atoms with Gasteiger partial charge in [0.2, 0.25) is 11.8 Å². The van der Waals surface area contributed by atoms with E-state index in [0.29, 0.717) is 18.3 Å². The fourth-order valence-corrected chi connectivity index (χ4v) is 6.32. The molecule has 1 aromatic carbocycles. The van der Waals surface area contributed by atoms with E-state index < -0.39 is 23.8 Å². The fourth-order valence-electron chi connectivity index (χ4n) is 6.32. The van der Waals surface area contributed by atoms with Gasteiger partial charge in [0.15, 0.2) is 6.61 Å². The molecule has 0 aromatic heterocycles. The summed E-state index contributed by atoms with van der Waals surface area (Å²) < 4.78 is 5.37. The SMILES string of the molecule is CC(=O)NC12C[C@@H]3C[C@@H](C1)CC(C(=O)OCC(=O)NC(=O)Cc1ccccc1)(C3)C2. The first-order valence-corrected chi connectivity index (χ1v) is 10.6. The quantitative estimate of drug-likeness (QED) is 0.695. The number of esters is 1. The van der Waals surface area contributed by atoms with Crippen molar-refractivity contribution >= 4 is 23.7 Å². The van der Waals surface area contributed by atoms with Crippen molar-refractivity contribution in [1.29, 1.82) is 0 Å². The molecule has 30 heavy (non-hydrogen) atoms. The lowest BCUT2D eigenvalue weighted by molar-refractivity contribution is -0.177. The van der Waals surface area contributed by atoms with E-state index in [9.17, 15) is 19.2 Å². The molecule has 4 aliphatic carbocycles. The van der Waals surface area contributed by atoms with E-state index in [4.69, 9.17) is 4.74 Å². The van der Waals surface area contributed by atoms with Gasteiger partial charge in [-0.25, -0.2) is 0 Å². The topological polar surface area (TPSA) is 102 Å². The molecule has 0 saturated heterocycles. The molecule has 0 aliphatic heterocycles. The summed E-state index contributed by atoms with van der Waals surface area (Å²) in [5.41, 5.74) is -0.166. The lowest BCUT2D eigenvalue weighted by Gasteiger charge is -2.60. The molecule has 2 atom stereocenters. The number of ether oxygens (including phenoxy) is 1. The van der Waals surface area contributed by atoms with Crippen molar-refractivity contribution in [3.05, 3.63) is 35.9 Å².